The molecule has 1 heterocycles. The van der Waals surface area contributed by atoms with E-state index in [9.17, 15) is 13.2 Å². The van der Waals surface area contributed by atoms with E-state index in [0.717, 1.165) is 5.69 Å². The fourth-order valence-electron chi connectivity index (χ4n) is 1.59. The zero-order chi connectivity index (χ0) is 15.6. The van der Waals surface area contributed by atoms with E-state index < -0.39 is 6.36 Å². The van der Waals surface area contributed by atoms with Crippen molar-refractivity contribution >= 4 is 33.1 Å². The van der Waals surface area contributed by atoms with Crippen LogP contribution in [-0.2, 0) is 0 Å². The van der Waals surface area contributed by atoms with Gasteiger partial charge in [0.1, 0.15) is 5.75 Å². The summed E-state index contributed by atoms with van der Waals surface area (Å²) in [7, 11) is 0. The molecule has 4 nitrogen and oxygen atoms in total. The Kier molecular flexibility index (Phi) is 4.26. The van der Waals surface area contributed by atoms with E-state index in [4.69, 9.17) is 5.73 Å². The molecule has 0 unspecified atom stereocenters. The number of rotatable bonds is 3. The lowest BCUT2D eigenvalue weighted by atomic mass is 10.3. The molecule has 0 fully saturated rings. The average molecular weight is 362 g/mol. The Labute approximate surface area is 127 Å². The standard InChI is InChI=1S/C13H11BrF3N3O/c1-7-2-4-10(18)12(19-7)20-8-3-5-11(9(14)6-8)21-13(15,16)17/h2-6H,18H2,1H3,(H,19,20). The van der Waals surface area contributed by atoms with Gasteiger partial charge in [-0.15, -0.1) is 13.2 Å². The van der Waals surface area contributed by atoms with Gasteiger partial charge in [-0.2, -0.15) is 0 Å². The van der Waals surface area contributed by atoms with Gasteiger partial charge in [0.15, 0.2) is 5.82 Å². The van der Waals surface area contributed by atoms with E-state index in [0.29, 0.717) is 17.2 Å². The second kappa shape index (κ2) is 5.80. The second-order valence-electron chi connectivity index (χ2n) is 4.21. The molecule has 2 aromatic rings. The first-order valence-corrected chi connectivity index (χ1v) is 6.59. The molecule has 0 bridgehead atoms. The van der Waals surface area contributed by atoms with Crippen molar-refractivity contribution in [2.45, 2.75) is 13.3 Å². The van der Waals surface area contributed by atoms with Crippen molar-refractivity contribution in [1.82, 2.24) is 4.98 Å². The third kappa shape index (κ3) is 4.25. The van der Waals surface area contributed by atoms with E-state index in [-0.39, 0.29) is 10.2 Å². The van der Waals surface area contributed by atoms with Gasteiger partial charge in [-0.05, 0) is 53.2 Å². The Hall–Kier alpha value is -1.96. The quantitative estimate of drug-likeness (QED) is 0.851. The van der Waals surface area contributed by atoms with Crippen LogP contribution in [0.25, 0.3) is 0 Å². The Balaban J connectivity index is 2.22. The van der Waals surface area contributed by atoms with Gasteiger partial charge in [0.05, 0.1) is 10.2 Å². The number of anilines is 3. The van der Waals surface area contributed by atoms with E-state index in [1.807, 2.05) is 0 Å². The van der Waals surface area contributed by atoms with Crippen LogP contribution in [0.4, 0.5) is 30.4 Å². The SMILES string of the molecule is Cc1ccc(N)c(Nc2ccc(OC(F)(F)F)c(Br)c2)n1. The molecule has 0 radical (unpaired) electrons. The van der Waals surface area contributed by atoms with Gasteiger partial charge in [-0.1, -0.05) is 0 Å². The van der Waals surface area contributed by atoms with Crippen molar-refractivity contribution in [3.05, 3.63) is 40.5 Å². The molecule has 21 heavy (non-hydrogen) atoms. The molecule has 0 aliphatic rings. The number of halogens is 4. The summed E-state index contributed by atoms with van der Waals surface area (Å²) in [4.78, 5) is 4.22. The molecule has 8 heteroatoms. The van der Waals surface area contributed by atoms with Gasteiger partial charge in [0.25, 0.3) is 0 Å². The molecule has 3 N–H and O–H groups in total. The van der Waals surface area contributed by atoms with Gasteiger partial charge in [-0.3, -0.25) is 0 Å². The number of hydrogen-bond acceptors (Lipinski definition) is 4. The number of nitrogens with two attached hydrogens (primary N) is 1. The predicted octanol–water partition coefficient (Wildman–Crippen LogP) is 4.38. The predicted molar refractivity (Wildman–Crippen MR) is 77.5 cm³/mol. The fraction of sp³-hybridized carbons (Fsp3) is 0.154. The minimum Gasteiger partial charge on any atom is -0.405 e. The number of benzene rings is 1. The number of nitrogens with zero attached hydrogens (tertiary/aromatic N) is 1. The van der Waals surface area contributed by atoms with E-state index in [1.165, 1.54) is 18.2 Å². The number of nitrogens with one attached hydrogen (secondary N) is 1. The van der Waals surface area contributed by atoms with E-state index in [1.54, 1.807) is 19.1 Å². The zero-order valence-corrected chi connectivity index (χ0v) is 12.4. The first-order chi connectivity index (χ1) is 9.74. The van der Waals surface area contributed by atoms with Crippen LogP contribution < -0.4 is 15.8 Å². The lowest BCUT2D eigenvalue weighted by Gasteiger charge is -2.13. The Morgan fingerprint density at radius 1 is 1.24 bits per heavy atom. The first-order valence-electron chi connectivity index (χ1n) is 5.80. The van der Waals surface area contributed by atoms with Crippen LogP contribution in [0.1, 0.15) is 5.69 Å². The molecule has 1 aromatic heterocycles. The van der Waals surface area contributed by atoms with Crippen molar-refractivity contribution in [3.8, 4) is 5.75 Å². The largest absolute Gasteiger partial charge is 0.573 e. The van der Waals surface area contributed by atoms with E-state index in [2.05, 4.69) is 31.0 Å². The van der Waals surface area contributed by atoms with Crippen LogP contribution in [0.2, 0.25) is 0 Å². The van der Waals surface area contributed by atoms with Crippen LogP contribution >= 0.6 is 15.9 Å². The topological polar surface area (TPSA) is 60.2 Å². The van der Waals surface area contributed by atoms with E-state index >= 15 is 0 Å². The summed E-state index contributed by atoms with van der Waals surface area (Å²) in [6, 6.07) is 7.54. The molecule has 0 atom stereocenters. The highest BCUT2D eigenvalue weighted by atomic mass is 79.9. The number of aryl methyl sites for hydroxylation is 1. The molecule has 0 saturated heterocycles. The number of alkyl halides is 3. The van der Waals surface area contributed by atoms with Crippen LogP contribution in [0.15, 0.2) is 34.8 Å². The number of pyridine rings is 1. The molecule has 0 amide bonds. The van der Waals surface area contributed by atoms with Crippen molar-refractivity contribution < 1.29 is 17.9 Å². The lowest BCUT2D eigenvalue weighted by molar-refractivity contribution is -0.274. The third-order valence-electron chi connectivity index (χ3n) is 2.49. The second-order valence-corrected chi connectivity index (χ2v) is 5.06. The normalized spacial score (nSPS) is 11.3. The van der Waals surface area contributed by atoms with Crippen LogP contribution in [0, 0.1) is 6.92 Å². The number of hydrogen-bond donors (Lipinski definition) is 2. The summed E-state index contributed by atoms with van der Waals surface area (Å²) >= 11 is 3.03. The molecule has 1 aromatic carbocycles. The molecule has 0 aliphatic heterocycles. The van der Waals surface area contributed by atoms with Crippen LogP contribution in [0.3, 0.4) is 0 Å². The molecular weight excluding hydrogens is 351 g/mol. The Bertz CT molecular complexity index is 662. The van der Waals surface area contributed by atoms with Crippen molar-refractivity contribution in [1.29, 1.82) is 0 Å². The lowest BCUT2D eigenvalue weighted by Crippen LogP contribution is -2.17. The molecule has 0 aliphatic carbocycles. The number of nitrogen functional groups attached to an aromatic ring is 1. The number of aromatic nitrogens is 1. The summed E-state index contributed by atoms with van der Waals surface area (Å²) < 4.78 is 40.6. The number of ether oxygens (including phenoxy) is 1. The molecular formula is C13H11BrF3N3O. The summed E-state index contributed by atoms with van der Waals surface area (Å²) in [5.74, 6) is 0.115. The van der Waals surface area contributed by atoms with Gasteiger partial charge >= 0.3 is 6.36 Å². The monoisotopic (exact) mass is 361 g/mol. The summed E-state index contributed by atoms with van der Waals surface area (Å²) in [5.41, 5.74) is 7.51. The summed E-state index contributed by atoms with van der Waals surface area (Å²) in [6.45, 7) is 1.81. The molecule has 112 valence electrons. The maximum Gasteiger partial charge on any atom is 0.573 e. The average Bonchev–Trinajstić information content (AvgIpc) is 2.36. The maximum absolute atomic E-state index is 12.2. The Morgan fingerprint density at radius 3 is 2.57 bits per heavy atom. The van der Waals surface area contributed by atoms with Gasteiger partial charge in [0.2, 0.25) is 0 Å². The fourth-order valence-corrected chi connectivity index (χ4v) is 2.05. The van der Waals surface area contributed by atoms with Crippen LogP contribution in [-0.4, -0.2) is 11.3 Å². The maximum atomic E-state index is 12.2. The van der Waals surface area contributed by atoms with Gasteiger partial charge < -0.3 is 15.8 Å². The van der Waals surface area contributed by atoms with Crippen molar-refractivity contribution in [2.75, 3.05) is 11.1 Å². The molecule has 0 saturated carbocycles. The molecule has 2 rings (SSSR count). The minimum atomic E-state index is -4.74. The summed E-state index contributed by atoms with van der Waals surface area (Å²) in [6.07, 6.45) is -4.74. The Morgan fingerprint density at radius 2 is 1.95 bits per heavy atom. The third-order valence-corrected chi connectivity index (χ3v) is 3.11. The highest BCUT2D eigenvalue weighted by molar-refractivity contribution is 9.10. The molecule has 0 spiro atoms. The van der Waals surface area contributed by atoms with Gasteiger partial charge in [0, 0.05) is 11.4 Å². The summed E-state index contributed by atoms with van der Waals surface area (Å²) in [5, 5.41) is 2.94. The van der Waals surface area contributed by atoms with Gasteiger partial charge in [-0.25, -0.2) is 4.98 Å². The smallest absolute Gasteiger partial charge is 0.405 e. The first kappa shape index (κ1) is 15.4. The zero-order valence-electron chi connectivity index (χ0n) is 10.8. The van der Waals surface area contributed by atoms with Crippen molar-refractivity contribution in [3.63, 3.8) is 0 Å². The van der Waals surface area contributed by atoms with Crippen molar-refractivity contribution in [2.24, 2.45) is 0 Å². The highest BCUT2D eigenvalue weighted by Gasteiger charge is 2.31. The minimum absolute atomic E-state index is 0.163. The highest BCUT2D eigenvalue weighted by Crippen LogP contribution is 2.33. The van der Waals surface area contributed by atoms with Crippen LogP contribution in [0.5, 0.6) is 5.75 Å².